The molecule has 1 aliphatic heterocycles. The van der Waals surface area contributed by atoms with Crippen LogP contribution in [-0.2, 0) is 35.9 Å². The topological polar surface area (TPSA) is 155 Å². The molecule has 0 spiro atoms. The van der Waals surface area contributed by atoms with Crippen LogP contribution in [0, 0.1) is 0 Å². The maximum Gasteiger partial charge on any atom is 0.362 e. The second-order valence-corrected chi connectivity index (χ2v) is 8.47. The van der Waals surface area contributed by atoms with Crippen LogP contribution in [-0.4, -0.2) is 64.3 Å². The number of oxime groups is 1. The van der Waals surface area contributed by atoms with Gasteiger partial charge in [0.25, 0.3) is 11.8 Å². The molecule has 0 bridgehead atoms. The number of aromatic nitrogens is 1. The minimum absolute atomic E-state index is 0. The number of nitrogens with zero attached hydrogens (tertiary/aromatic N) is 3. The average Bonchev–Trinajstić information content (AvgIpc) is 2.95. The minimum Gasteiger partial charge on any atom is -0.398 e. The molecule has 11 nitrogen and oxygen atoms in total. The molecular formula is C15H22N4O7S2. The number of thiazole rings is 1. The van der Waals surface area contributed by atoms with Crippen molar-refractivity contribution in [2.24, 2.45) is 5.16 Å². The van der Waals surface area contributed by atoms with Crippen molar-refractivity contribution in [3.05, 3.63) is 16.1 Å². The summed E-state index contributed by atoms with van der Waals surface area (Å²) in [6.45, 7) is 4.14. The Balaban J connectivity index is 0.00000392. The molecule has 2 N–H and O–H groups in total. The van der Waals surface area contributed by atoms with Gasteiger partial charge < -0.3 is 10.2 Å². The first-order valence-corrected chi connectivity index (χ1v) is 9.85. The number of ketones is 1. The molecule has 28 heavy (non-hydrogen) atoms. The van der Waals surface area contributed by atoms with Crippen molar-refractivity contribution in [3.8, 4) is 0 Å². The van der Waals surface area contributed by atoms with Crippen molar-refractivity contribution in [1.29, 1.82) is 0 Å². The Morgan fingerprint density at radius 3 is 2.54 bits per heavy atom. The number of carbonyl (C=O) groups excluding carboxylic acids is 3. The number of hydrogen-bond donors (Lipinski definition) is 2. The first-order valence-electron chi connectivity index (χ1n) is 7.57. The van der Waals surface area contributed by atoms with Gasteiger partial charge in [-0.05, 0) is 20.8 Å². The number of carbonyl (C=O) groups is 3. The molecular weight excluding hydrogens is 412 g/mol. The lowest BCUT2D eigenvalue weighted by Crippen LogP contribution is -2.77. The Morgan fingerprint density at radius 2 is 2.07 bits per heavy atom. The van der Waals surface area contributed by atoms with E-state index < -0.39 is 33.7 Å². The lowest BCUT2D eigenvalue weighted by Gasteiger charge is -2.50. The molecule has 2 amide bonds. The zero-order valence-electron chi connectivity index (χ0n) is 14.9. The largest absolute Gasteiger partial charge is 0.398 e. The second kappa shape index (κ2) is 8.32. The van der Waals surface area contributed by atoms with E-state index in [9.17, 15) is 22.8 Å². The van der Waals surface area contributed by atoms with E-state index in [1.807, 2.05) is 0 Å². The van der Waals surface area contributed by atoms with Gasteiger partial charge in [0, 0.05) is 5.38 Å². The van der Waals surface area contributed by atoms with Gasteiger partial charge in [-0.1, -0.05) is 12.6 Å². The monoisotopic (exact) mass is 434 g/mol. The average molecular weight is 434 g/mol. The van der Waals surface area contributed by atoms with Crippen LogP contribution in [0.4, 0.5) is 0 Å². The standard InChI is InChI=1S/C14H18N4O7S2.CH4/c1-7(19)5-9-15-8(6-26-9)10(17-25-4)12(20)16-11-13(21)18(14(11,2)3)27(22,23)24;/h6,11H,5H2,1-4H3,(H,16,20)(H,22,23,24);1H4/b17-10-;. The van der Waals surface area contributed by atoms with Gasteiger partial charge >= 0.3 is 10.3 Å². The quantitative estimate of drug-likeness (QED) is 0.266. The van der Waals surface area contributed by atoms with E-state index in [-0.39, 0.29) is 35.3 Å². The summed E-state index contributed by atoms with van der Waals surface area (Å²) < 4.78 is 32.0. The molecule has 13 heteroatoms. The second-order valence-electron chi connectivity index (χ2n) is 6.27. The van der Waals surface area contributed by atoms with Gasteiger partial charge in [-0.15, -0.1) is 11.3 Å². The van der Waals surface area contributed by atoms with Gasteiger partial charge in [0.05, 0.1) is 12.0 Å². The third kappa shape index (κ3) is 4.54. The maximum atomic E-state index is 12.6. The van der Waals surface area contributed by atoms with Crippen LogP contribution in [0.3, 0.4) is 0 Å². The van der Waals surface area contributed by atoms with Gasteiger partial charge in [-0.3, -0.25) is 18.9 Å². The number of Topliss-reactive ketones (excluding diaryl/α,β-unsaturated/α-hetero) is 1. The van der Waals surface area contributed by atoms with E-state index in [0.717, 1.165) is 11.3 Å². The molecule has 1 aromatic heterocycles. The Morgan fingerprint density at radius 1 is 1.46 bits per heavy atom. The molecule has 0 saturated carbocycles. The summed E-state index contributed by atoms with van der Waals surface area (Å²) in [6.07, 6.45) is 0.101. The van der Waals surface area contributed by atoms with Gasteiger partial charge in [0.1, 0.15) is 29.6 Å². The number of amides is 2. The summed E-state index contributed by atoms with van der Waals surface area (Å²) in [6, 6.07) is -1.20. The number of nitrogens with one attached hydrogen (secondary N) is 1. The zero-order valence-corrected chi connectivity index (χ0v) is 16.5. The van der Waals surface area contributed by atoms with E-state index in [1.165, 1.54) is 33.3 Å². The highest BCUT2D eigenvalue weighted by atomic mass is 32.2. The molecule has 1 atom stereocenters. The number of β-lactam (4-membered cyclic amide) rings is 1. The molecule has 1 unspecified atom stereocenters. The highest BCUT2D eigenvalue weighted by Gasteiger charge is 2.60. The minimum atomic E-state index is -4.75. The molecule has 156 valence electrons. The number of rotatable bonds is 7. The van der Waals surface area contributed by atoms with E-state index in [2.05, 4.69) is 20.3 Å². The van der Waals surface area contributed by atoms with Crippen LogP contribution >= 0.6 is 11.3 Å². The number of hydrogen-bond acceptors (Lipinski definition) is 9. The van der Waals surface area contributed by atoms with E-state index in [0.29, 0.717) is 5.01 Å². The summed E-state index contributed by atoms with van der Waals surface area (Å²) in [5.41, 5.74) is -1.47. The van der Waals surface area contributed by atoms with Gasteiger partial charge in [-0.25, -0.2) is 9.29 Å². The van der Waals surface area contributed by atoms with Crippen LogP contribution < -0.4 is 5.32 Å². The van der Waals surface area contributed by atoms with Crippen molar-refractivity contribution >= 4 is 45.0 Å². The van der Waals surface area contributed by atoms with E-state index in [1.54, 1.807) is 0 Å². The lowest BCUT2D eigenvalue weighted by molar-refractivity contribution is -0.151. The fraction of sp³-hybridized carbons (Fsp3) is 0.533. The molecule has 1 saturated heterocycles. The summed E-state index contributed by atoms with van der Waals surface area (Å²) in [5, 5.41) is 7.97. The first kappa shape index (κ1) is 23.7. The Kier molecular flexibility index (Phi) is 7.03. The van der Waals surface area contributed by atoms with Crippen molar-refractivity contribution in [2.45, 2.75) is 46.2 Å². The fourth-order valence-electron chi connectivity index (χ4n) is 2.61. The fourth-order valence-corrected chi connectivity index (χ4v) is 4.50. The first-order chi connectivity index (χ1) is 12.4. The molecule has 1 fully saturated rings. The Bertz CT molecular complexity index is 921. The molecule has 1 aromatic rings. The summed E-state index contributed by atoms with van der Waals surface area (Å²) in [7, 11) is -3.53. The van der Waals surface area contributed by atoms with E-state index in [4.69, 9.17) is 4.55 Å². The van der Waals surface area contributed by atoms with Gasteiger partial charge in [0.2, 0.25) is 0 Å². The van der Waals surface area contributed by atoms with Crippen LogP contribution in [0.15, 0.2) is 10.5 Å². The van der Waals surface area contributed by atoms with Gasteiger partial charge in [0.15, 0.2) is 5.71 Å². The third-order valence-corrected chi connectivity index (χ3v) is 5.74. The third-order valence-electron chi connectivity index (χ3n) is 3.78. The highest BCUT2D eigenvalue weighted by molar-refractivity contribution is 7.84. The lowest BCUT2D eigenvalue weighted by atomic mass is 9.85. The van der Waals surface area contributed by atoms with Gasteiger partial charge in [-0.2, -0.15) is 8.42 Å². The van der Waals surface area contributed by atoms with Crippen molar-refractivity contribution < 1.29 is 32.2 Å². The predicted molar refractivity (Wildman–Crippen MR) is 101 cm³/mol. The van der Waals surface area contributed by atoms with Crippen LogP contribution in [0.2, 0.25) is 0 Å². The molecule has 1 aliphatic rings. The molecule has 0 aliphatic carbocycles. The molecule has 0 radical (unpaired) electrons. The summed E-state index contributed by atoms with van der Waals surface area (Å²) in [5.74, 6) is -1.90. The summed E-state index contributed by atoms with van der Waals surface area (Å²) in [4.78, 5) is 44.6. The van der Waals surface area contributed by atoms with Crippen molar-refractivity contribution in [2.75, 3.05) is 7.11 Å². The summed E-state index contributed by atoms with van der Waals surface area (Å²) >= 11 is 1.16. The smallest absolute Gasteiger partial charge is 0.362 e. The molecule has 2 rings (SSSR count). The molecule has 2 heterocycles. The maximum absolute atomic E-state index is 12.6. The van der Waals surface area contributed by atoms with E-state index >= 15 is 0 Å². The highest BCUT2D eigenvalue weighted by Crippen LogP contribution is 2.34. The van der Waals surface area contributed by atoms with Crippen molar-refractivity contribution in [3.63, 3.8) is 0 Å². The van der Waals surface area contributed by atoms with Crippen LogP contribution in [0.1, 0.15) is 38.9 Å². The zero-order chi connectivity index (χ0) is 20.6. The Labute approximate surface area is 166 Å². The van der Waals surface area contributed by atoms with Crippen LogP contribution in [0.5, 0.6) is 0 Å². The predicted octanol–water partition coefficient (Wildman–Crippen LogP) is 0.170. The normalized spacial score (nSPS) is 18.8. The van der Waals surface area contributed by atoms with Crippen LogP contribution in [0.25, 0.3) is 0 Å². The molecule has 0 aromatic carbocycles. The SMILES string of the molecule is C.CO/N=C(\C(=O)NC1C(=O)N(S(=O)(=O)O)C1(C)C)c1csc(CC(C)=O)n1. The van der Waals surface area contributed by atoms with Crippen molar-refractivity contribution in [1.82, 2.24) is 14.6 Å². The Hall–Kier alpha value is -2.38.